The van der Waals surface area contributed by atoms with Crippen molar-refractivity contribution in [1.29, 1.82) is 0 Å². The number of hydrogen-bond donors (Lipinski definition) is 2. The van der Waals surface area contributed by atoms with E-state index in [0.29, 0.717) is 27.9 Å². The quantitative estimate of drug-likeness (QED) is 0.618. The normalized spacial score (nSPS) is 10.2. The number of aromatic nitrogens is 2. The lowest BCUT2D eigenvalue weighted by Crippen LogP contribution is -2.16. The minimum absolute atomic E-state index is 0.134. The molecular formula is C15H17N3O4S. The SMILES string of the molecule is COc1cc(NC(=O)CSc2cc(C)[nH]c(=O)n2)cc(OC)c1. The Balaban J connectivity index is 2.00. The first-order valence-electron chi connectivity index (χ1n) is 6.74. The topological polar surface area (TPSA) is 93.3 Å². The van der Waals surface area contributed by atoms with E-state index in [1.165, 1.54) is 26.0 Å². The van der Waals surface area contributed by atoms with Crippen LogP contribution < -0.4 is 20.5 Å². The van der Waals surface area contributed by atoms with E-state index in [4.69, 9.17) is 9.47 Å². The molecule has 1 amide bonds. The molecule has 7 nitrogen and oxygen atoms in total. The molecule has 0 aliphatic carbocycles. The van der Waals surface area contributed by atoms with E-state index in [9.17, 15) is 9.59 Å². The van der Waals surface area contributed by atoms with Crippen LogP contribution in [-0.2, 0) is 4.79 Å². The van der Waals surface area contributed by atoms with E-state index < -0.39 is 5.69 Å². The Labute approximate surface area is 137 Å². The number of benzene rings is 1. The van der Waals surface area contributed by atoms with Gasteiger partial charge >= 0.3 is 5.69 Å². The van der Waals surface area contributed by atoms with E-state index in [1.54, 1.807) is 31.2 Å². The van der Waals surface area contributed by atoms with Gasteiger partial charge in [0, 0.05) is 29.6 Å². The van der Waals surface area contributed by atoms with Gasteiger partial charge in [0.05, 0.1) is 20.0 Å². The van der Waals surface area contributed by atoms with Gasteiger partial charge in [-0.25, -0.2) is 4.79 Å². The molecule has 8 heteroatoms. The zero-order valence-electron chi connectivity index (χ0n) is 13.0. The van der Waals surface area contributed by atoms with Crippen molar-refractivity contribution >= 4 is 23.4 Å². The highest BCUT2D eigenvalue weighted by atomic mass is 32.2. The van der Waals surface area contributed by atoms with Crippen LogP contribution >= 0.6 is 11.8 Å². The Bertz CT molecular complexity index is 738. The summed E-state index contributed by atoms with van der Waals surface area (Å²) in [5, 5.41) is 3.26. The van der Waals surface area contributed by atoms with Gasteiger partial charge in [-0.15, -0.1) is 0 Å². The van der Waals surface area contributed by atoms with Crippen LogP contribution in [-0.4, -0.2) is 35.8 Å². The zero-order valence-corrected chi connectivity index (χ0v) is 13.8. The number of rotatable bonds is 6. The molecule has 0 saturated heterocycles. The average Bonchev–Trinajstić information content (AvgIpc) is 2.51. The van der Waals surface area contributed by atoms with Crippen molar-refractivity contribution in [1.82, 2.24) is 9.97 Å². The van der Waals surface area contributed by atoms with Gasteiger partial charge in [0.25, 0.3) is 0 Å². The summed E-state index contributed by atoms with van der Waals surface area (Å²) in [5.74, 6) is 1.08. The molecule has 0 unspecified atom stereocenters. The Hall–Kier alpha value is -2.48. The van der Waals surface area contributed by atoms with E-state index >= 15 is 0 Å². The third-order valence-electron chi connectivity index (χ3n) is 2.84. The Kier molecular flexibility index (Phi) is 5.64. The summed E-state index contributed by atoms with van der Waals surface area (Å²) >= 11 is 1.19. The predicted octanol–water partition coefficient (Wildman–Crippen LogP) is 1.83. The molecular weight excluding hydrogens is 318 g/mol. The Morgan fingerprint density at radius 1 is 1.22 bits per heavy atom. The number of methoxy groups -OCH3 is 2. The molecule has 1 aromatic heterocycles. The van der Waals surface area contributed by atoms with Gasteiger partial charge in [-0.3, -0.25) is 4.79 Å². The molecule has 0 radical (unpaired) electrons. The first kappa shape index (κ1) is 16.9. The van der Waals surface area contributed by atoms with Crippen molar-refractivity contribution < 1.29 is 14.3 Å². The van der Waals surface area contributed by atoms with Crippen LogP contribution in [0.3, 0.4) is 0 Å². The van der Waals surface area contributed by atoms with E-state index in [-0.39, 0.29) is 11.7 Å². The summed E-state index contributed by atoms with van der Waals surface area (Å²) in [5.41, 5.74) is 0.845. The maximum absolute atomic E-state index is 12.0. The third-order valence-corrected chi connectivity index (χ3v) is 3.75. The van der Waals surface area contributed by atoms with Crippen LogP contribution in [0, 0.1) is 6.92 Å². The molecule has 0 spiro atoms. The van der Waals surface area contributed by atoms with Crippen LogP contribution in [0.25, 0.3) is 0 Å². The van der Waals surface area contributed by atoms with Gasteiger partial charge in [0.1, 0.15) is 16.5 Å². The van der Waals surface area contributed by atoms with Crippen LogP contribution in [0.1, 0.15) is 5.69 Å². The molecule has 0 fully saturated rings. The third kappa shape index (κ3) is 5.03. The number of nitrogens with zero attached hydrogens (tertiary/aromatic N) is 1. The van der Waals surface area contributed by atoms with E-state index in [0.717, 1.165) is 0 Å². The second-order valence-corrected chi connectivity index (χ2v) is 5.64. The fourth-order valence-corrected chi connectivity index (χ4v) is 2.60. The molecule has 1 heterocycles. The number of anilines is 1. The Morgan fingerprint density at radius 3 is 2.43 bits per heavy atom. The summed E-state index contributed by atoms with van der Waals surface area (Å²) in [6, 6.07) is 6.82. The summed E-state index contributed by atoms with van der Waals surface area (Å²) in [6.45, 7) is 1.76. The minimum atomic E-state index is -0.426. The highest BCUT2D eigenvalue weighted by Crippen LogP contribution is 2.26. The number of thioether (sulfide) groups is 1. The Morgan fingerprint density at radius 2 is 1.87 bits per heavy atom. The molecule has 0 saturated carbocycles. The molecule has 1 aromatic carbocycles. The number of ether oxygens (including phenoxy) is 2. The van der Waals surface area contributed by atoms with Gasteiger partial charge in [-0.2, -0.15) is 4.98 Å². The smallest absolute Gasteiger partial charge is 0.346 e. The standard InChI is InChI=1S/C15H17N3O4S/c1-9-4-14(18-15(20)16-9)23-8-13(19)17-10-5-11(21-2)7-12(6-10)22-3/h4-7H,8H2,1-3H3,(H,17,19)(H,16,18,20). The average molecular weight is 335 g/mol. The van der Waals surface area contributed by atoms with Gasteiger partial charge in [-0.05, 0) is 13.0 Å². The molecule has 2 rings (SSSR count). The monoisotopic (exact) mass is 335 g/mol. The first-order chi connectivity index (χ1) is 11.0. The zero-order chi connectivity index (χ0) is 16.8. The maximum atomic E-state index is 12.0. The molecule has 23 heavy (non-hydrogen) atoms. The lowest BCUT2D eigenvalue weighted by molar-refractivity contribution is -0.113. The number of carbonyl (C=O) groups excluding carboxylic acids is 1. The van der Waals surface area contributed by atoms with Crippen molar-refractivity contribution in [2.24, 2.45) is 0 Å². The number of aromatic amines is 1. The van der Waals surface area contributed by atoms with Crippen molar-refractivity contribution in [3.05, 3.63) is 40.4 Å². The van der Waals surface area contributed by atoms with Crippen LogP contribution in [0.4, 0.5) is 5.69 Å². The van der Waals surface area contributed by atoms with Crippen molar-refractivity contribution in [3.8, 4) is 11.5 Å². The van der Waals surface area contributed by atoms with E-state index in [2.05, 4.69) is 15.3 Å². The highest BCUT2D eigenvalue weighted by Gasteiger charge is 2.08. The predicted molar refractivity (Wildman–Crippen MR) is 88.5 cm³/mol. The summed E-state index contributed by atoms with van der Waals surface area (Å²) in [7, 11) is 3.08. The second kappa shape index (κ2) is 7.68. The molecule has 2 aromatic rings. The van der Waals surface area contributed by atoms with Crippen LogP contribution in [0.15, 0.2) is 34.1 Å². The largest absolute Gasteiger partial charge is 0.497 e. The minimum Gasteiger partial charge on any atom is -0.497 e. The van der Waals surface area contributed by atoms with Crippen molar-refractivity contribution in [2.45, 2.75) is 11.9 Å². The molecule has 122 valence electrons. The first-order valence-corrected chi connectivity index (χ1v) is 7.72. The molecule has 0 atom stereocenters. The number of amides is 1. The fraction of sp³-hybridized carbons (Fsp3) is 0.267. The molecule has 0 aliphatic heterocycles. The number of aryl methyl sites for hydroxylation is 1. The van der Waals surface area contributed by atoms with Crippen molar-refractivity contribution in [3.63, 3.8) is 0 Å². The number of nitrogens with one attached hydrogen (secondary N) is 2. The van der Waals surface area contributed by atoms with Crippen molar-refractivity contribution in [2.75, 3.05) is 25.3 Å². The number of carbonyl (C=O) groups is 1. The molecule has 0 aliphatic rings. The number of H-pyrrole nitrogens is 1. The highest BCUT2D eigenvalue weighted by molar-refractivity contribution is 7.99. The lowest BCUT2D eigenvalue weighted by Gasteiger charge is -2.09. The lowest BCUT2D eigenvalue weighted by atomic mass is 10.2. The van der Waals surface area contributed by atoms with Crippen LogP contribution in [0.2, 0.25) is 0 Å². The van der Waals surface area contributed by atoms with Gasteiger partial charge < -0.3 is 19.8 Å². The second-order valence-electron chi connectivity index (χ2n) is 4.65. The fourth-order valence-electron chi connectivity index (χ4n) is 1.84. The summed E-state index contributed by atoms with van der Waals surface area (Å²) in [6.07, 6.45) is 0. The van der Waals surface area contributed by atoms with Gasteiger partial charge in [0.2, 0.25) is 5.91 Å². The van der Waals surface area contributed by atoms with Gasteiger partial charge in [0.15, 0.2) is 0 Å². The maximum Gasteiger partial charge on any atom is 0.346 e. The number of hydrogen-bond acceptors (Lipinski definition) is 6. The summed E-state index contributed by atoms with van der Waals surface area (Å²) in [4.78, 5) is 29.7. The molecule has 0 bridgehead atoms. The van der Waals surface area contributed by atoms with Crippen LogP contribution in [0.5, 0.6) is 11.5 Å². The van der Waals surface area contributed by atoms with E-state index in [1.807, 2.05) is 0 Å². The summed E-state index contributed by atoms with van der Waals surface area (Å²) < 4.78 is 10.3. The molecule has 2 N–H and O–H groups in total. The van der Waals surface area contributed by atoms with Gasteiger partial charge in [-0.1, -0.05) is 11.8 Å².